The van der Waals surface area contributed by atoms with Crippen LogP contribution < -0.4 is 10.1 Å². The quantitative estimate of drug-likeness (QED) is 0.699. The first kappa shape index (κ1) is 17.1. The molecule has 126 valence electrons. The molecule has 0 aliphatic carbocycles. The van der Waals surface area contributed by atoms with Gasteiger partial charge in [-0.3, -0.25) is 4.79 Å². The molecule has 0 aromatic heterocycles. The Morgan fingerprint density at radius 3 is 2.16 bits per heavy atom. The molecule has 0 heterocycles. The van der Waals surface area contributed by atoms with Gasteiger partial charge in [-0.15, -0.1) is 0 Å². The number of nitrogens with one attached hydrogen (secondary N) is 1. The normalized spacial score (nSPS) is 10.3. The number of rotatable bonds is 6. The topological polar surface area (TPSA) is 38.3 Å². The standard InChI is InChI=1S/C21H18ClNO2/c22-19-10-6-16(7-11-19)14-23-21(24)15-25-20-12-8-18(9-13-20)17-4-2-1-3-5-17/h1-13H,14-15H2,(H,23,24). The minimum Gasteiger partial charge on any atom is -0.484 e. The Bertz CT molecular complexity index is 815. The van der Waals surface area contributed by atoms with Crippen molar-refractivity contribution in [1.82, 2.24) is 5.32 Å². The summed E-state index contributed by atoms with van der Waals surface area (Å²) in [6, 6.07) is 25.2. The molecule has 0 fully saturated rings. The molecule has 1 N–H and O–H groups in total. The average Bonchev–Trinajstić information content (AvgIpc) is 2.67. The van der Waals surface area contributed by atoms with E-state index in [-0.39, 0.29) is 12.5 Å². The molecule has 4 heteroatoms. The van der Waals surface area contributed by atoms with E-state index in [1.165, 1.54) is 0 Å². The zero-order chi connectivity index (χ0) is 17.5. The number of carbonyl (C=O) groups is 1. The predicted octanol–water partition coefficient (Wildman–Crippen LogP) is 4.70. The molecule has 0 saturated carbocycles. The molecule has 1 amide bonds. The number of amides is 1. The van der Waals surface area contributed by atoms with Crippen LogP contribution in [0.1, 0.15) is 5.56 Å². The van der Waals surface area contributed by atoms with Crippen LogP contribution in [0.3, 0.4) is 0 Å². The Kier molecular flexibility index (Phi) is 5.70. The van der Waals surface area contributed by atoms with Crippen molar-refractivity contribution in [2.45, 2.75) is 6.54 Å². The third kappa shape index (κ3) is 5.10. The van der Waals surface area contributed by atoms with E-state index in [9.17, 15) is 4.79 Å². The number of ether oxygens (including phenoxy) is 1. The fourth-order valence-corrected chi connectivity index (χ4v) is 2.50. The summed E-state index contributed by atoms with van der Waals surface area (Å²) in [7, 11) is 0. The van der Waals surface area contributed by atoms with Gasteiger partial charge in [0.15, 0.2) is 6.61 Å². The number of carbonyl (C=O) groups excluding carboxylic acids is 1. The highest BCUT2D eigenvalue weighted by molar-refractivity contribution is 6.30. The van der Waals surface area contributed by atoms with Crippen molar-refractivity contribution in [2.75, 3.05) is 6.61 Å². The van der Waals surface area contributed by atoms with Gasteiger partial charge in [0.05, 0.1) is 0 Å². The van der Waals surface area contributed by atoms with E-state index < -0.39 is 0 Å². The summed E-state index contributed by atoms with van der Waals surface area (Å²) < 4.78 is 5.53. The van der Waals surface area contributed by atoms with E-state index in [0.29, 0.717) is 17.3 Å². The second-order valence-corrected chi connectivity index (χ2v) is 6.02. The number of benzene rings is 3. The van der Waals surface area contributed by atoms with E-state index >= 15 is 0 Å². The zero-order valence-electron chi connectivity index (χ0n) is 13.6. The molecule has 0 aliphatic heterocycles. The van der Waals surface area contributed by atoms with Crippen molar-refractivity contribution in [3.05, 3.63) is 89.4 Å². The average molecular weight is 352 g/mol. The fourth-order valence-electron chi connectivity index (χ4n) is 2.38. The first-order chi connectivity index (χ1) is 12.2. The molecule has 0 saturated heterocycles. The Morgan fingerprint density at radius 2 is 1.48 bits per heavy atom. The highest BCUT2D eigenvalue weighted by Gasteiger charge is 2.04. The highest BCUT2D eigenvalue weighted by Crippen LogP contribution is 2.21. The van der Waals surface area contributed by atoms with Crippen molar-refractivity contribution in [1.29, 1.82) is 0 Å². The summed E-state index contributed by atoms with van der Waals surface area (Å²) in [5.74, 6) is 0.503. The van der Waals surface area contributed by atoms with Crippen molar-refractivity contribution < 1.29 is 9.53 Å². The first-order valence-corrected chi connectivity index (χ1v) is 8.38. The Balaban J connectivity index is 1.48. The molecule has 3 aromatic rings. The number of hydrogen-bond acceptors (Lipinski definition) is 2. The molecule has 0 bridgehead atoms. The molecule has 3 aromatic carbocycles. The molecule has 3 rings (SSSR count). The summed E-state index contributed by atoms with van der Waals surface area (Å²) in [5.41, 5.74) is 3.25. The smallest absolute Gasteiger partial charge is 0.258 e. The van der Waals surface area contributed by atoms with Gasteiger partial charge in [0.25, 0.3) is 5.91 Å². The third-order valence-corrected chi connectivity index (χ3v) is 3.99. The molecular formula is C21H18ClNO2. The molecular weight excluding hydrogens is 334 g/mol. The predicted molar refractivity (Wildman–Crippen MR) is 101 cm³/mol. The van der Waals surface area contributed by atoms with E-state index in [4.69, 9.17) is 16.3 Å². The van der Waals surface area contributed by atoms with Crippen LogP contribution in [0.25, 0.3) is 11.1 Å². The fraction of sp³-hybridized carbons (Fsp3) is 0.0952. The van der Waals surface area contributed by atoms with Crippen LogP contribution >= 0.6 is 11.6 Å². The zero-order valence-corrected chi connectivity index (χ0v) is 14.4. The molecule has 3 nitrogen and oxygen atoms in total. The maximum atomic E-state index is 11.9. The number of hydrogen-bond donors (Lipinski definition) is 1. The highest BCUT2D eigenvalue weighted by atomic mass is 35.5. The lowest BCUT2D eigenvalue weighted by Gasteiger charge is -2.08. The van der Waals surface area contributed by atoms with Gasteiger partial charge < -0.3 is 10.1 Å². The Morgan fingerprint density at radius 1 is 0.840 bits per heavy atom. The van der Waals surface area contributed by atoms with Crippen molar-refractivity contribution >= 4 is 17.5 Å². The van der Waals surface area contributed by atoms with Crippen molar-refractivity contribution in [2.24, 2.45) is 0 Å². The first-order valence-electron chi connectivity index (χ1n) is 8.00. The maximum absolute atomic E-state index is 11.9. The van der Waals surface area contributed by atoms with Gasteiger partial charge in [0.2, 0.25) is 0 Å². The van der Waals surface area contributed by atoms with E-state index in [2.05, 4.69) is 17.4 Å². The lowest BCUT2D eigenvalue weighted by molar-refractivity contribution is -0.123. The molecule has 0 aliphatic rings. The van der Waals surface area contributed by atoms with Crippen LogP contribution in [0.5, 0.6) is 5.75 Å². The molecule has 0 radical (unpaired) electrons. The molecule has 0 spiro atoms. The van der Waals surface area contributed by atoms with Gasteiger partial charge in [0.1, 0.15) is 5.75 Å². The van der Waals surface area contributed by atoms with Gasteiger partial charge in [-0.2, -0.15) is 0 Å². The third-order valence-electron chi connectivity index (χ3n) is 3.73. The molecule has 25 heavy (non-hydrogen) atoms. The van der Waals surface area contributed by atoms with Crippen molar-refractivity contribution in [3.63, 3.8) is 0 Å². The summed E-state index contributed by atoms with van der Waals surface area (Å²) in [6.45, 7) is 0.435. The van der Waals surface area contributed by atoms with Crippen LogP contribution in [-0.2, 0) is 11.3 Å². The minimum atomic E-state index is -0.165. The maximum Gasteiger partial charge on any atom is 0.258 e. The lowest BCUT2D eigenvalue weighted by Crippen LogP contribution is -2.28. The lowest BCUT2D eigenvalue weighted by atomic mass is 10.1. The van der Waals surface area contributed by atoms with Crippen molar-refractivity contribution in [3.8, 4) is 16.9 Å². The summed E-state index contributed by atoms with van der Waals surface area (Å²) in [5, 5.41) is 3.50. The summed E-state index contributed by atoms with van der Waals surface area (Å²) in [4.78, 5) is 11.9. The van der Waals surface area contributed by atoms with Crippen LogP contribution in [0, 0.1) is 0 Å². The Hall–Kier alpha value is -2.78. The Labute approximate surface area is 152 Å². The van der Waals surface area contributed by atoms with Gasteiger partial charge in [0, 0.05) is 11.6 Å². The second-order valence-electron chi connectivity index (χ2n) is 5.58. The van der Waals surface area contributed by atoms with Crippen LogP contribution in [0.4, 0.5) is 0 Å². The monoisotopic (exact) mass is 351 g/mol. The van der Waals surface area contributed by atoms with Gasteiger partial charge >= 0.3 is 0 Å². The van der Waals surface area contributed by atoms with Gasteiger partial charge in [-0.25, -0.2) is 0 Å². The van der Waals surface area contributed by atoms with Gasteiger partial charge in [-0.05, 0) is 41.0 Å². The van der Waals surface area contributed by atoms with E-state index in [1.54, 1.807) is 12.1 Å². The van der Waals surface area contributed by atoms with E-state index in [0.717, 1.165) is 16.7 Å². The van der Waals surface area contributed by atoms with Crippen LogP contribution in [-0.4, -0.2) is 12.5 Å². The minimum absolute atomic E-state index is 0.0156. The number of halogens is 1. The summed E-state index contributed by atoms with van der Waals surface area (Å²) in [6.07, 6.45) is 0. The molecule has 0 unspecified atom stereocenters. The SMILES string of the molecule is O=C(COc1ccc(-c2ccccc2)cc1)NCc1ccc(Cl)cc1. The van der Waals surface area contributed by atoms with Crippen LogP contribution in [0.2, 0.25) is 5.02 Å². The molecule has 0 atom stereocenters. The largest absolute Gasteiger partial charge is 0.484 e. The van der Waals surface area contributed by atoms with Crippen LogP contribution in [0.15, 0.2) is 78.9 Å². The second kappa shape index (κ2) is 8.36. The van der Waals surface area contributed by atoms with Gasteiger partial charge in [-0.1, -0.05) is 66.2 Å². The summed E-state index contributed by atoms with van der Waals surface area (Å²) >= 11 is 5.83. The van der Waals surface area contributed by atoms with E-state index in [1.807, 2.05) is 54.6 Å².